The zero-order valence-corrected chi connectivity index (χ0v) is 27.6. The van der Waals surface area contributed by atoms with Gasteiger partial charge in [-0.1, -0.05) is 123 Å². The van der Waals surface area contributed by atoms with Crippen molar-refractivity contribution in [3.05, 3.63) is 0 Å². The number of rotatable bonds is 25. The van der Waals surface area contributed by atoms with E-state index in [4.69, 9.17) is 13.3 Å². The van der Waals surface area contributed by atoms with E-state index in [1.165, 1.54) is 103 Å². The molecule has 0 rings (SSSR count). The first-order valence-electron chi connectivity index (χ1n) is 15.0. The van der Waals surface area contributed by atoms with E-state index >= 15 is 0 Å². The van der Waals surface area contributed by atoms with E-state index in [1.807, 2.05) is 0 Å². The van der Waals surface area contributed by atoms with Gasteiger partial charge in [0.15, 0.2) is 0 Å². The van der Waals surface area contributed by atoms with E-state index in [9.17, 15) is 0 Å². The molecule has 0 aromatic rings. The lowest BCUT2D eigenvalue weighted by Crippen LogP contribution is -2.57. The highest BCUT2D eigenvalue weighted by Crippen LogP contribution is 2.29. The van der Waals surface area contributed by atoms with Crippen LogP contribution in [-0.2, 0) is 13.3 Å². The average molecular weight is 532 g/mol. The maximum atomic E-state index is 5.64. The Balaban J connectivity index is 4.07. The summed E-state index contributed by atoms with van der Waals surface area (Å²) in [4.78, 5) is 0. The molecule has 0 saturated heterocycles. The topological polar surface area (TPSA) is 30.9 Å². The Kier molecular flexibility index (Phi) is 20.4. The number of nitrogens with zero attached hydrogens (tertiary/aromatic N) is 1. The van der Waals surface area contributed by atoms with Gasteiger partial charge in [-0.05, 0) is 33.2 Å². The smallest absolute Gasteiger partial charge is 0.377 e. The number of hydrogen-bond acceptors (Lipinski definition) is 4. The molecule has 0 aromatic carbocycles. The molecule has 0 atom stereocenters. The highest BCUT2D eigenvalue weighted by atomic mass is 28.4. The van der Waals surface area contributed by atoms with E-state index in [0.717, 1.165) is 19.0 Å². The SMILES string of the molecule is CCCCCCCCCCCCCCCCCC(C)(C)N(CCC[Si](OC)(OC)OC)[Si](C)(C)C. The summed E-state index contributed by atoms with van der Waals surface area (Å²) in [6.45, 7) is 15.8. The van der Waals surface area contributed by atoms with Crippen molar-refractivity contribution >= 4 is 17.0 Å². The second-order valence-corrected chi connectivity index (χ2v) is 20.2. The quantitative estimate of drug-likeness (QED) is 0.0867. The molecule has 212 valence electrons. The van der Waals surface area contributed by atoms with Crippen molar-refractivity contribution in [3.63, 3.8) is 0 Å². The van der Waals surface area contributed by atoms with E-state index in [-0.39, 0.29) is 5.54 Å². The van der Waals surface area contributed by atoms with Crippen molar-refractivity contribution in [2.24, 2.45) is 0 Å². The summed E-state index contributed by atoms with van der Waals surface area (Å²) in [5.74, 6) is 0. The van der Waals surface area contributed by atoms with E-state index in [0.29, 0.717) is 0 Å². The molecule has 0 aliphatic rings. The van der Waals surface area contributed by atoms with Crippen LogP contribution in [0.4, 0.5) is 0 Å². The first-order chi connectivity index (χ1) is 16.6. The Hall–Kier alpha value is 0.274. The van der Waals surface area contributed by atoms with Crippen molar-refractivity contribution in [3.8, 4) is 0 Å². The minimum Gasteiger partial charge on any atom is -0.377 e. The predicted octanol–water partition coefficient (Wildman–Crippen LogP) is 9.43. The molecule has 0 spiro atoms. The monoisotopic (exact) mass is 531 g/mol. The molecule has 0 N–H and O–H groups in total. The highest BCUT2D eigenvalue weighted by Gasteiger charge is 2.39. The normalized spacial score (nSPS) is 13.2. The Labute approximate surface area is 223 Å². The Morgan fingerprint density at radius 2 is 0.943 bits per heavy atom. The summed E-state index contributed by atoms with van der Waals surface area (Å²) in [6.07, 6.45) is 23.8. The van der Waals surface area contributed by atoms with Gasteiger partial charge in [0.2, 0.25) is 0 Å². The van der Waals surface area contributed by atoms with Crippen LogP contribution in [0.15, 0.2) is 0 Å². The Morgan fingerprint density at radius 3 is 1.29 bits per heavy atom. The molecule has 0 heterocycles. The van der Waals surface area contributed by atoms with Crippen LogP contribution < -0.4 is 0 Å². The molecule has 0 radical (unpaired) electrons. The van der Waals surface area contributed by atoms with Gasteiger partial charge in [0, 0.05) is 32.9 Å². The fraction of sp³-hybridized carbons (Fsp3) is 1.00. The van der Waals surface area contributed by atoms with Crippen molar-refractivity contribution in [2.45, 2.75) is 161 Å². The minimum absolute atomic E-state index is 0.248. The molecular weight excluding hydrogens is 466 g/mol. The molecule has 0 aliphatic heterocycles. The molecule has 6 heteroatoms. The van der Waals surface area contributed by atoms with Crippen LogP contribution in [0.3, 0.4) is 0 Å². The lowest BCUT2D eigenvalue weighted by Gasteiger charge is -2.47. The molecule has 0 unspecified atom stereocenters. The first kappa shape index (κ1) is 35.3. The molecule has 0 saturated carbocycles. The van der Waals surface area contributed by atoms with Crippen LogP contribution in [-0.4, -0.2) is 55.0 Å². The third kappa shape index (κ3) is 16.7. The van der Waals surface area contributed by atoms with Crippen LogP contribution in [0.2, 0.25) is 25.7 Å². The summed E-state index contributed by atoms with van der Waals surface area (Å²) in [7, 11) is 1.25. The summed E-state index contributed by atoms with van der Waals surface area (Å²) in [6, 6.07) is 0.881. The van der Waals surface area contributed by atoms with Gasteiger partial charge >= 0.3 is 8.80 Å². The van der Waals surface area contributed by atoms with Crippen LogP contribution in [0.5, 0.6) is 0 Å². The summed E-state index contributed by atoms with van der Waals surface area (Å²) >= 11 is 0. The summed E-state index contributed by atoms with van der Waals surface area (Å²) in [5, 5.41) is 0. The molecule has 0 aliphatic carbocycles. The first-order valence-corrected chi connectivity index (χ1v) is 20.4. The number of hydrogen-bond donors (Lipinski definition) is 0. The van der Waals surface area contributed by atoms with Crippen LogP contribution in [0.25, 0.3) is 0 Å². The lowest BCUT2D eigenvalue weighted by atomic mass is 9.95. The molecule has 0 amide bonds. The fourth-order valence-electron chi connectivity index (χ4n) is 5.62. The Morgan fingerprint density at radius 1 is 0.571 bits per heavy atom. The zero-order valence-electron chi connectivity index (χ0n) is 25.6. The van der Waals surface area contributed by atoms with E-state index < -0.39 is 17.0 Å². The van der Waals surface area contributed by atoms with Crippen molar-refractivity contribution in [1.29, 1.82) is 0 Å². The largest absolute Gasteiger partial charge is 0.500 e. The zero-order chi connectivity index (χ0) is 26.6. The molecular formula is C29H65NO3Si2. The second-order valence-electron chi connectivity index (χ2n) is 12.2. The fourth-order valence-corrected chi connectivity index (χ4v) is 10.1. The Bertz CT molecular complexity index is 471. The van der Waals surface area contributed by atoms with Gasteiger partial charge in [-0.3, -0.25) is 0 Å². The predicted molar refractivity (Wildman–Crippen MR) is 160 cm³/mol. The van der Waals surface area contributed by atoms with Crippen LogP contribution in [0, 0.1) is 0 Å². The minimum atomic E-state index is -2.48. The lowest BCUT2D eigenvalue weighted by molar-refractivity contribution is 0.120. The van der Waals surface area contributed by atoms with Gasteiger partial charge in [-0.2, -0.15) is 0 Å². The molecule has 4 nitrogen and oxygen atoms in total. The van der Waals surface area contributed by atoms with Crippen molar-refractivity contribution < 1.29 is 13.3 Å². The van der Waals surface area contributed by atoms with E-state index in [1.54, 1.807) is 21.3 Å². The standard InChI is InChI=1S/C29H65NO3Si2/c1-10-11-12-13-14-15-16-17-18-19-20-21-22-23-24-26-29(2,3)30(34(7,8)9)27-25-28-35(31-4,32-5)33-6/h10-28H2,1-9H3. The van der Waals surface area contributed by atoms with E-state index in [2.05, 4.69) is 45.0 Å². The maximum absolute atomic E-state index is 5.64. The van der Waals surface area contributed by atoms with Crippen molar-refractivity contribution in [1.82, 2.24) is 4.57 Å². The molecule has 35 heavy (non-hydrogen) atoms. The third-order valence-corrected chi connectivity index (χ3v) is 13.0. The maximum Gasteiger partial charge on any atom is 0.500 e. The second kappa shape index (κ2) is 20.3. The molecule has 0 aromatic heterocycles. The summed E-state index contributed by atoms with van der Waals surface area (Å²) < 4.78 is 19.7. The van der Waals surface area contributed by atoms with Gasteiger partial charge in [-0.25, -0.2) is 0 Å². The van der Waals surface area contributed by atoms with Gasteiger partial charge in [0.1, 0.15) is 8.24 Å². The molecule has 0 fully saturated rings. The third-order valence-electron chi connectivity index (χ3n) is 7.73. The average Bonchev–Trinajstić information content (AvgIpc) is 2.81. The van der Waals surface area contributed by atoms with Crippen LogP contribution >= 0.6 is 0 Å². The van der Waals surface area contributed by atoms with Gasteiger partial charge in [0.25, 0.3) is 0 Å². The van der Waals surface area contributed by atoms with Gasteiger partial charge in [0.05, 0.1) is 0 Å². The van der Waals surface area contributed by atoms with Gasteiger partial charge in [-0.15, -0.1) is 0 Å². The molecule has 0 bridgehead atoms. The number of unbranched alkanes of at least 4 members (excludes halogenated alkanes) is 14. The van der Waals surface area contributed by atoms with Crippen LogP contribution in [0.1, 0.15) is 130 Å². The summed E-state index contributed by atoms with van der Waals surface area (Å²) in [5.41, 5.74) is 0.248. The van der Waals surface area contributed by atoms with Crippen molar-refractivity contribution in [2.75, 3.05) is 27.9 Å². The highest BCUT2D eigenvalue weighted by molar-refractivity contribution is 6.73. The van der Waals surface area contributed by atoms with Gasteiger partial charge < -0.3 is 17.8 Å².